The topological polar surface area (TPSA) is 78.4 Å². The van der Waals surface area contributed by atoms with Gasteiger partial charge in [0.15, 0.2) is 0 Å². The van der Waals surface area contributed by atoms with E-state index in [2.05, 4.69) is 10.6 Å². The number of halogens is 3. The first-order valence-corrected chi connectivity index (χ1v) is 5.72. The van der Waals surface area contributed by atoms with E-state index in [1.807, 2.05) is 0 Å². The number of alkyl halides is 3. The van der Waals surface area contributed by atoms with Crippen LogP contribution in [0.15, 0.2) is 0 Å². The number of rotatable bonds is 6. The van der Waals surface area contributed by atoms with E-state index in [4.69, 9.17) is 5.11 Å². The summed E-state index contributed by atoms with van der Waals surface area (Å²) in [5, 5.41) is 12.9. The van der Waals surface area contributed by atoms with E-state index < -0.39 is 23.6 Å². The number of urea groups is 1. The largest absolute Gasteiger partial charge is 0.480 e. The molecule has 2 amide bonds. The number of thioether (sulfide) groups is 1. The minimum atomic E-state index is -4.33. The summed E-state index contributed by atoms with van der Waals surface area (Å²) in [6, 6.07) is -1.83. The normalized spacial score (nSPS) is 12.9. The van der Waals surface area contributed by atoms with Gasteiger partial charge in [0.05, 0.1) is 0 Å². The van der Waals surface area contributed by atoms with Crippen molar-refractivity contribution in [2.45, 2.75) is 24.9 Å². The highest BCUT2D eigenvalue weighted by Crippen LogP contribution is 2.29. The summed E-state index contributed by atoms with van der Waals surface area (Å²) in [6.07, 6.45) is 0.194. The molecule has 3 N–H and O–H groups in total. The molecule has 0 saturated carbocycles. The fourth-order valence-electron chi connectivity index (χ4n) is 0.879. The van der Waals surface area contributed by atoms with E-state index in [0.29, 0.717) is 0 Å². The number of carbonyl (C=O) groups is 2. The van der Waals surface area contributed by atoms with E-state index in [1.165, 1.54) is 0 Å². The Labute approximate surface area is 100 Å². The predicted octanol–water partition coefficient (Wildman–Crippen LogP) is 1.40. The molecule has 0 saturated heterocycles. The zero-order valence-electron chi connectivity index (χ0n) is 9.00. The van der Waals surface area contributed by atoms with Crippen molar-refractivity contribution in [1.82, 2.24) is 10.6 Å². The van der Waals surface area contributed by atoms with Crippen LogP contribution in [0.3, 0.4) is 0 Å². The zero-order chi connectivity index (χ0) is 13.5. The van der Waals surface area contributed by atoms with E-state index >= 15 is 0 Å². The SMILES string of the molecule is CC[C@@H](NC(=O)NCCSC(F)(F)F)C(=O)O. The molecule has 0 aliphatic heterocycles. The molecule has 0 aromatic heterocycles. The molecule has 0 fully saturated rings. The number of hydrogen-bond acceptors (Lipinski definition) is 3. The smallest absolute Gasteiger partial charge is 0.441 e. The van der Waals surface area contributed by atoms with Crippen LogP contribution >= 0.6 is 11.8 Å². The van der Waals surface area contributed by atoms with Crippen molar-refractivity contribution in [3.63, 3.8) is 0 Å². The summed E-state index contributed by atoms with van der Waals surface area (Å²) in [6.45, 7) is 1.38. The van der Waals surface area contributed by atoms with Gasteiger partial charge in [-0.25, -0.2) is 9.59 Å². The van der Waals surface area contributed by atoms with Crippen molar-refractivity contribution in [3.8, 4) is 0 Å². The lowest BCUT2D eigenvalue weighted by Gasteiger charge is -2.13. The summed E-state index contributed by atoms with van der Waals surface area (Å²) in [4.78, 5) is 21.6. The summed E-state index contributed by atoms with van der Waals surface area (Å²) in [5.41, 5.74) is -4.33. The lowest BCUT2D eigenvalue weighted by atomic mass is 10.2. The van der Waals surface area contributed by atoms with Gasteiger partial charge in [-0.15, -0.1) is 0 Å². The molecule has 0 spiro atoms. The van der Waals surface area contributed by atoms with Gasteiger partial charge in [-0.2, -0.15) is 13.2 Å². The number of carboxylic acid groups (broad SMARTS) is 1. The van der Waals surface area contributed by atoms with Crippen LogP contribution in [0.5, 0.6) is 0 Å². The Hall–Kier alpha value is -1.12. The van der Waals surface area contributed by atoms with Crippen molar-refractivity contribution in [2.24, 2.45) is 0 Å². The second-order valence-electron chi connectivity index (χ2n) is 2.99. The minimum absolute atomic E-state index is 0.188. The summed E-state index contributed by atoms with van der Waals surface area (Å²) in [7, 11) is 0. The molecular weight excluding hydrogens is 261 g/mol. The molecular formula is C8H13F3N2O3S. The number of aliphatic carboxylic acids is 1. The molecule has 0 heterocycles. The molecule has 100 valence electrons. The quantitative estimate of drug-likeness (QED) is 0.640. The Bertz CT molecular complexity index is 273. The first kappa shape index (κ1) is 15.9. The molecule has 0 unspecified atom stereocenters. The Morgan fingerprint density at radius 3 is 2.41 bits per heavy atom. The first-order valence-electron chi connectivity index (χ1n) is 4.74. The van der Waals surface area contributed by atoms with Gasteiger partial charge in [-0.05, 0) is 18.2 Å². The van der Waals surface area contributed by atoms with Gasteiger partial charge in [0.2, 0.25) is 0 Å². The average Bonchev–Trinajstić information content (AvgIpc) is 2.19. The molecule has 0 aromatic rings. The Morgan fingerprint density at radius 2 is 2.00 bits per heavy atom. The minimum Gasteiger partial charge on any atom is -0.480 e. The van der Waals surface area contributed by atoms with Gasteiger partial charge >= 0.3 is 17.5 Å². The van der Waals surface area contributed by atoms with Crippen LogP contribution < -0.4 is 10.6 Å². The number of hydrogen-bond donors (Lipinski definition) is 3. The third-order valence-corrected chi connectivity index (χ3v) is 2.40. The van der Waals surface area contributed by atoms with Crippen molar-refractivity contribution in [3.05, 3.63) is 0 Å². The molecule has 0 rings (SSSR count). The molecule has 17 heavy (non-hydrogen) atoms. The van der Waals surface area contributed by atoms with Crippen LogP contribution in [-0.4, -0.2) is 41.0 Å². The number of carbonyl (C=O) groups excluding carboxylic acids is 1. The van der Waals surface area contributed by atoms with Crippen molar-refractivity contribution in [2.75, 3.05) is 12.3 Å². The lowest BCUT2D eigenvalue weighted by molar-refractivity contribution is -0.139. The highest BCUT2D eigenvalue weighted by atomic mass is 32.2. The molecule has 9 heteroatoms. The maximum absolute atomic E-state index is 11.7. The zero-order valence-corrected chi connectivity index (χ0v) is 9.82. The summed E-state index contributed by atoms with van der Waals surface area (Å²) in [5.74, 6) is -1.51. The Kier molecular flexibility index (Phi) is 6.78. The molecule has 0 bridgehead atoms. The van der Waals surface area contributed by atoms with E-state index in [9.17, 15) is 22.8 Å². The monoisotopic (exact) mass is 274 g/mol. The highest BCUT2D eigenvalue weighted by molar-refractivity contribution is 8.00. The van der Waals surface area contributed by atoms with Crippen LogP contribution in [0.1, 0.15) is 13.3 Å². The summed E-state index contributed by atoms with van der Waals surface area (Å²) >= 11 is -0.252. The van der Waals surface area contributed by atoms with E-state index in [0.717, 1.165) is 0 Å². The predicted molar refractivity (Wildman–Crippen MR) is 56.8 cm³/mol. The van der Waals surface area contributed by atoms with Gasteiger partial charge < -0.3 is 15.7 Å². The van der Waals surface area contributed by atoms with Gasteiger partial charge in [0.1, 0.15) is 6.04 Å². The van der Waals surface area contributed by atoms with Gasteiger partial charge in [0.25, 0.3) is 0 Å². The van der Waals surface area contributed by atoms with Gasteiger partial charge in [-0.3, -0.25) is 0 Å². The maximum Gasteiger partial charge on any atom is 0.441 e. The number of amides is 2. The van der Waals surface area contributed by atoms with Gasteiger partial charge in [0, 0.05) is 12.3 Å². The third kappa shape index (κ3) is 8.66. The lowest BCUT2D eigenvalue weighted by Crippen LogP contribution is -2.46. The summed E-state index contributed by atoms with van der Waals surface area (Å²) < 4.78 is 35.1. The second-order valence-corrected chi connectivity index (χ2v) is 4.15. The average molecular weight is 274 g/mol. The standard InChI is InChI=1S/C8H13F3N2O3S/c1-2-5(6(14)15)13-7(16)12-3-4-17-8(9,10)11/h5H,2-4H2,1H3,(H,14,15)(H2,12,13,16)/t5-/m1/s1. The van der Waals surface area contributed by atoms with Crippen LogP contribution in [0.25, 0.3) is 0 Å². The molecule has 0 aromatic carbocycles. The molecule has 0 aliphatic rings. The molecule has 0 aliphatic carbocycles. The van der Waals surface area contributed by atoms with Crippen molar-refractivity contribution >= 4 is 23.8 Å². The van der Waals surface area contributed by atoms with E-state index in [1.54, 1.807) is 6.92 Å². The van der Waals surface area contributed by atoms with E-state index in [-0.39, 0.29) is 30.5 Å². The maximum atomic E-state index is 11.7. The van der Waals surface area contributed by atoms with Crippen molar-refractivity contribution in [1.29, 1.82) is 0 Å². The third-order valence-electron chi connectivity index (χ3n) is 1.67. The first-order chi connectivity index (χ1) is 7.76. The molecule has 1 atom stereocenters. The Morgan fingerprint density at radius 1 is 1.41 bits per heavy atom. The second kappa shape index (κ2) is 7.25. The van der Waals surface area contributed by atoms with Crippen molar-refractivity contribution < 1.29 is 27.9 Å². The fourth-order valence-corrected chi connectivity index (χ4v) is 1.31. The van der Waals surface area contributed by atoms with Crippen LogP contribution in [0, 0.1) is 0 Å². The van der Waals surface area contributed by atoms with Crippen LogP contribution in [-0.2, 0) is 4.79 Å². The fraction of sp³-hybridized carbons (Fsp3) is 0.750. The Balaban J connectivity index is 3.77. The molecule has 0 radical (unpaired) electrons. The van der Waals surface area contributed by atoms with Crippen LogP contribution in [0.4, 0.5) is 18.0 Å². The number of nitrogens with one attached hydrogen (secondary N) is 2. The molecule has 5 nitrogen and oxygen atoms in total. The van der Waals surface area contributed by atoms with Gasteiger partial charge in [-0.1, -0.05) is 6.92 Å². The van der Waals surface area contributed by atoms with Crippen LogP contribution in [0.2, 0.25) is 0 Å². The number of carboxylic acids is 1. The highest BCUT2D eigenvalue weighted by Gasteiger charge is 2.27.